The second-order valence-electron chi connectivity index (χ2n) is 31.2. The van der Waals surface area contributed by atoms with E-state index in [0.717, 1.165) is 73.1 Å². The zero-order chi connectivity index (χ0) is 68.6. The van der Waals surface area contributed by atoms with Gasteiger partial charge in [0.2, 0.25) is 0 Å². The third-order valence-corrected chi connectivity index (χ3v) is 21.8. The van der Waals surface area contributed by atoms with Gasteiger partial charge in [-0.25, -0.2) is 0 Å². The van der Waals surface area contributed by atoms with Crippen molar-refractivity contribution in [3.8, 4) is 77.9 Å². The molecule has 0 atom stereocenters. The number of nitrogens with zero attached hydrogens (tertiary/aromatic N) is 2. The molecule has 484 valence electrons. The van der Waals surface area contributed by atoms with E-state index in [4.69, 9.17) is 0 Å². The minimum atomic E-state index is -0.231. The molecular weight excluding hydrogens is 1220 g/mol. The fourth-order valence-electron chi connectivity index (χ4n) is 16.6. The molecular formula is C98H79BN2. The summed E-state index contributed by atoms with van der Waals surface area (Å²) < 4.78 is 0. The van der Waals surface area contributed by atoms with Crippen LogP contribution in [-0.2, 0) is 16.2 Å². The van der Waals surface area contributed by atoms with Gasteiger partial charge in [-0.3, -0.25) is 0 Å². The summed E-state index contributed by atoms with van der Waals surface area (Å²) in [6.45, 7) is 20.9. The van der Waals surface area contributed by atoms with Gasteiger partial charge in [-0.1, -0.05) is 317 Å². The van der Waals surface area contributed by atoms with Crippen molar-refractivity contribution >= 4 is 100 Å². The number of fused-ring (bicyclic) bond motifs is 6. The SMILES string of the molecule is CC(C)(C)c1ccc(-c2cc3c4c(c2)N(c2c(-c5ccccc5)cc(C(C)(C)C)cc2-c2ccccc2)c2cc(-c5cc6cccc7c8cccc9cccc(c(c5)c67)c98)ccc2B4c2cc(-c4ccccc4)ccc2N3c2c(-c3ccccc3)cc(C(C)(C)C)cc2-c2ccccc2)cc1. The van der Waals surface area contributed by atoms with Crippen LogP contribution in [0.15, 0.2) is 315 Å². The fraction of sp³-hybridized carbons (Fsp3) is 0.122. The second-order valence-corrected chi connectivity index (χ2v) is 31.2. The van der Waals surface area contributed by atoms with Crippen molar-refractivity contribution in [3.05, 3.63) is 332 Å². The molecule has 2 heterocycles. The highest BCUT2D eigenvalue weighted by Crippen LogP contribution is 2.56. The van der Waals surface area contributed by atoms with Crippen LogP contribution in [0.1, 0.15) is 79.0 Å². The maximum Gasteiger partial charge on any atom is 0.252 e. The Balaban J connectivity index is 1.03. The van der Waals surface area contributed by atoms with Crippen molar-refractivity contribution in [1.29, 1.82) is 0 Å². The van der Waals surface area contributed by atoms with Crippen LogP contribution in [0.5, 0.6) is 0 Å². The molecule has 101 heavy (non-hydrogen) atoms. The molecule has 0 unspecified atom stereocenters. The normalized spacial score (nSPS) is 12.9. The summed E-state index contributed by atoms with van der Waals surface area (Å²) in [6.07, 6.45) is 0. The first-order chi connectivity index (χ1) is 49.0. The highest BCUT2D eigenvalue weighted by Gasteiger charge is 2.46. The Kier molecular flexibility index (Phi) is 14.4. The first kappa shape index (κ1) is 61.8. The minimum Gasteiger partial charge on any atom is -0.310 e. The Labute approximate surface area is 594 Å². The third kappa shape index (κ3) is 10.4. The highest BCUT2D eigenvalue weighted by atomic mass is 15.2. The van der Waals surface area contributed by atoms with Crippen molar-refractivity contribution in [2.45, 2.75) is 78.6 Å². The molecule has 0 saturated heterocycles. The molecule has 0 amide bonds. The van der Waals surface area contributed by atoms with Crippen LogP contribution < -0.4 is 26.2 Å². The van der Waals surface area contributed by atoms with Gasteiger partial charge in [-0.05, 0) is 209 Å². The lowest BCUT2D eigenvalue weighted by atomic mass is 9.33. The number of rotatable bonds is 9. The van der Waals surface area contributed by atoms with Gasteiger partial charge in [0, 0.05) is 45.0 Å². The first-order valence-corrected chi connectivity index (χ1v) is 35.9. The fourth-order valence-corrected chi connectivity index (χ4v) is 16.6. The lowest BCUT2D eigenvalue weighted by molar-refractivity contribution is 0.590. The van der Waals surface area contributed by atoms with Crippen molar-refractivity contribution < 1.29 is 0 Å². The smallest absolute Gasteiger partial charge is 0.252 e. The summed E-state index contributed by atoms with van der Waals surface area (Å²) in [5.41, 5.74) is 30.4. The topological polar surface area (TPSA) is 6.48 Å². The van der Waals surface area contributed by atoms with Gasteiger partial charge in [0.25, 0.3) is 6.71 Å². The molecule has 0 spiro atoms. The van der Waals surface area contributed by atoms with Crippen LogP contribution in [0.3, 0.4) is 0 Å². The van der Waals surface area contributed by atoms with E-state index >= 15 is 0 Å². The van der Waals surface area contributed by atoms with Crippen LogP contribution in [0.4, 0.5) is 34.1 Å². The molecule has 0 saturated carbocycles. The van der Waals surface area contributed by atoms with E-state index in [0.29, 0.717) is 0 Å². The molecule has 18 rings (SSSR count). The van der Waals surface area contributed by atoms with Crippen molar-refractivity contribution in [2.75, 3.05) is 9.80 Å². The maximum absolute atomic E-state index is 2.74. The molecule has 0 fully saturated rings. The van der Waals surface area contributed by atoms with Gasteiger partial charge in [-0.15, -0.1) is 0 Å². The Hall–Kier alpha value is -11.5. The highest BCUT2D eigenvalue weighted by molar-refractivity contribution is 7.00. The van der Waals surface area contributed by atoms with Gasteiger partial charge >= 0.3 is 0 Å². The molecule has 3 heteroatoms. The van der Waals surface area contributed by atoms with Gasteiger partial charge < -0.3 is 9.80 Å². The van der Waals surface area contributed by atoms with E-state index in [2.05, 4.69) is 388 Å². The molecule has 0 aliphatic carbocycles. The van der Waals surface area contributed by atoms with Crippen LogP contribution in [-0.4, -0.2) is 6.71 Å². The summed E-state index contributed by atoms with van der Waals surface area (Å²) in [6, 6.07) is 121. The maximum atomic E-state index is 2.74. The number of benzene rings is 16. The van der Waals surface area contributed by atoms with Crippen molar-refractivity contribution in [3.63, 3.8) is 0 Å². The lowest BCUT2D eigenvalue weighted by Gasteiger charge is -2.46. The monoisotopic (exact) mass is 1290 g/mol. The molecule has 0 aromatic heterocycles. The average Bonchev–Trinajstić information content (AvgIpc) is 0.690. The molecule has 2 nitrogen and oxygen atoms in total. The second kappa shape index (κ2) is 23.6. The van der Waals surface area contributed by atoms with E-state index in [-0.39, 0.29) is 23.0 Å². The Morgan fingerprint density at radius 2 is 0.594 bits per heavy atom. The number of hydrogen-bond acceptors (Lipinski definition) is 2. The Morgan fingerprint density at radius 1 is 0.228 bits per heavy atom. The molecule has 16 aromatic rings. The van der Waals surface area contributed by atoms with Gasteiger partial charge in [0.05, 0.1) is 11.4 Å². The standard InChI is InChI=1S/C98H79BN2/c1-96(2,3)74-48-44-63(45-49-74)73-56-89-93-90(57-73)101(95-82(66-34-21-13-22-35-66)60-76(98(7,8)9)61-83(95)67-36-23-14-24-37-67)88-55-70(72-52-71-40-27-42-78-77-41-25-38-68-39-26-43-79(91(68)77)84(53-72)92(71)78)46-50-85(88)99(93)86-54-69(62-28-15-10-16-29-62)47-51-87(86)100(89)94-80(64-30-17-11-18-31-64)58-75(97(4,5)6)59-81(94)65-32-19-12-20-33-65/h10-61H,1-9H3. The van der Waals surface area contributed by atoms with Crippen LogP contribution >= 0.6 is 0 Å². The number of anilines is 6. The quantitative estimate of drug-likeness (QED) is 0.0807. The third-order valence-electron chi connectivity index (χ3n) is 21.8. The summed E-state index contributed by atoms with van der Waals surface area (Å²) in [5.74, 6) is 0. The summed E-state index contributed by atoms with van der Waals surface area (Å²) in [4.78, 5) is 5.44. The molecule has 0 radical (unpaired) electrons. The van der Waals surface area contributed by atoms with Gasteiger partial charge in [0.1, 0.15) is 0 Å². The van der Waals surface area contributed by atoms with E-state index in [9.17, 15) is 0 Å². The molecule has 2 aliphatic heterocycles. The van der Waals surface area contributed by atoms with E-state index < -0.39 is 0 Å². The van der Waals surface area contributed by atoms with Crippen molar-refractivity contribution in [2.24, 2.45) is 0 Å². The molecule has 0 N–H and O–H groups in total. The van der Waals surface area contributed by atoms with Gasteiger partial charge in [-0.2, -0.15) is 0 Å². The zero-order valence-electron chi connectivity index (χ0n) is 59.0. The zero-order valence-corrected chi connectivity index (χ0v) is 59.0. The molecule has 0 bridgehead atoms. The molecule has 2 aliphatic rings. The summed E-state index contributed by atoms with van der Waals surface area (Å²) >= 11 is 0. The van der Waals surface area contributed by atoms with Crippen molar-refractivity contribution in [1.82, 2.24) is 0 Å². The first-order valence-electron chi connectivity index (χ1n) is 35.9. The van der Waals surface area contributed by atoms with Gasteiger partial charge in [0.15, 0.2) is 0 Å². The predicted octanol–water partition coefficient (Wildman–Crippen LogP) is 25.4. The summed E-state index contributed by atoms with van der Waals surface area (Å²) in [5, 5.41) is 10.3. The summed E-state index contributed by atoms with van der Waals surface area (Å²) in [7, 11) is 0. The number of hydrogen-bond donors (Lipinski definition) is 0. The van der Waals surface area contributed by atoms with Crippen LogP contribution in [0.2, 0.25) is 0 Å². The Morgan fingerprint density at radius 3 is 1.06 bits per heavy atom. The lowest BCUT2D eigenvalue weighted by Crippen LogP contribution is -2.61. The average molecular weight is 1300 g/mol. The predicted molar refractivity (Wildman–Crippen MR) is 436 cm³/mol. The van der Waals surface area contributed by atoms with E-state index in [1.807, 2.05) is 0 Å². The molecule has 16 aromatic carbocycles. The van der Waals surface area contributed by atoms with E-state index in [1.165, 1.54) is 115 Å². The van der Waals surface area contributed by atoms with Crippen LogP contribution in [0, 0.1) is 0 Å². The largest absolute Gasteiger partial charge is 0.310 e. The van der Waals surface area contributed by atoms with E-state index in [1.54, 1.807) is 0 Å². The Bertz CT molecular complexity index is 5790. The minimum absolute atomic E-state index is 0.0460. The van der Waals surface area contributed by atoms with Crippen LogP contribution in [0.25, 0.3) is 121 Å².